The highest BCUT2D eigenvalue weighted by atomic mass is 19.1. The Balaban J connectivity index is 2.79. The van der Waals surface area contributed by atoms with Crippen LogP contribution in [0.2, 0.25) is 0 Å². The molecule has 0 heterocycles. The van der Waals surface area contributed by atoms with E-state index in [-0.39, 0.29) is 0 Å². The minimum absolute atomic E-state index is 0.342. The smallest absolute Gasteiger partial charge is 0.310 e. The fraction of sp³-hybridized carbons (Fsp3) is 0.462. The number of carboxylic acids is 1. The highest BCUT2D eigenvalue weighted by Crippen LogP contribution is 2.20. The van der Waals surface area contributed by atoms with E-state index in [2.05, 4.69) is 0 Å². The van der Waals surface area contributed by atoms with Crippen molar-refractivity contribution < 1.29 is 14.3 Å². The molecule has 2 nitrogen and oxygen atoms in total. The lowest BCUT2D eigenvalue weighted by molar-refractivity contribution is -0.138. The van der Waals surface area contributed by atoms with E-state index in [0.29, 0.717) is 6.42 Å². The lowest BCUT2D eigenvalue weighted by Gasteiger charge is -2.14. The maximum Gasteiger partial charge on any atom is 0.310 e. The highest BCUT2D eigenvalue weighted by Gasteiger charge is 2.17. The monoisotopic (exact) mass is 224 g/mol. The van der Waals surface area contributed by atoms with E-state index in [1.54, 1.807) is 31.2 Å². The third-order valence-corrected chi connectivity index (χ3v) is 2.47. The van der Waals surface area contributed by atoms with E-state index < -0.39 is 17.6 Å². The van der Waals surface area contributed by atoms with Crippen LogP contribution in [0, 0.1) is 0 Å². The van der Waals surface area contributed by atoms with Gasteiger partial charge in [-0.3, -0.25) is 4.79 Å². The largest absolute Gasteiger partial charge is 0.481 e. The van der Waals surface area contributed by atoms with E-state index >= 15 is 0 Å². The molecule has 1 aromatic rings. The quantitative estimate of drug-likeness (QED) is 0.852. The maximum atomic E-state index is 13.4. The second-order valence-electron chi connectivity index (χ2n) is 4.70. The van der Waals surface area contributed by atoms with Gasteiger partial charge in [-0.15, -0.1) is 0 Å². The molecule has 0 fully saturated rings. The van der Waals surface area contributed by atoms with Crippen LogP contribution in [0.3, 0.4) is 0 Å². The Hall–Kier alpha value is -1.38. The van der Waals surface area contributed by atoms with E-state index in [1.165, 1.54) is 13.8 Å². The first-order valence-electron chi connectivity index (χ1n) is 5.30. The van der Waals surface area contributed by atoms with Crippen molar-refractivity contribution in [1.29, 1.82) is 0 Å². The molecule has 0 radical (unpaired) electrons. The summed E-state index contributed by atoms with van der Waals surface area (Å²) in [6, 6.07) is 7.08. The van der Waals surface area contributed by atoms with Crippen LogP contribution in [0.25, 0.3) is 0 Å². The Labute approximate surface area is 95.1 Å². The zero-order valence-corrected chi connectivity index (χ0v) is 9.83. The molecular weight excluding hydrogens is 207 g/mol. The van der Waals surface area contributed by atoms with Crippen LogP contribution in [0.5, 0.6) is 0 Å². The summed E-state index contributed by atoms with van der Waals surface area (Å²) in [6.07, 6.45) is 0.342. The molecular formula is C13H17FO2. The van der Waals surface area contributed by atoms with Gasteiger partial charge in [0.1, 0.15) is 5.67 Å². The maximum absolute atomic E-state index is 13.4. The molecule has 0 aliphatic heterocycles. The van der Waals surface area contributed by atoms with Gasteiger partial charge in [0, 0.05) is 6.42 Å². The van der Waals surface area contributed by atoms with Gasteiger partial charge in [-0.2, -0.15) is 0 Å². The second-order valence-corrected chi connectivity index (χ2v) is 4.70. The molecule has 0 bridgehead atoms. The van der Waals surface area contributed by atoms with Gasteiger partial charge >= 0.3 is 5.97 Å². The van der Waals surface area contributed by atoms with Crippen LogP contribution in [-0.2, 0) is 11.2 Å². The SMILES string of the molecule is CC(C(=O)O)c1ccc(CC(C)(C)F)cc1. The Bertz CT molecular complexity index is 363. The van der Waals surface area contributed by atoms with Crippen LogP contribution < -0.4 is 0 Å². The summed E-state index contributed by atoms with van der Waals surface area (Å²) in [5.41, 5.74) is 0.390. The average molecular weight is 224 g/mol. The van der Waals surface area contributed by atoms with Crippen molar-refractivity contribution >= 4 is 5.97 Å². The third kappa shape index (κ3) is 3.65. The lowest BCUT2D eigenvalue weighted by atomic mass is 9.96. The molecule has 0 aromatic heterocycles. The van der Waals surface area contributed by atoms with Gasteiger partial charge in [0.15, 0.2) is 0 Å². The van der Waals surface area contributed by atoms with Crippen molar-refractivity contribution in [3.63, 3.8) is 0 Å². The van der Waals surface area contributed by atoms with Crippen LogP contribution in [0.15, 0.2) is 24.3 Å². The number of carbonyl (C=O) groups is 1. The zero-order chi connectivity index (χ0) is 12.3. The molecule has 1 N–H and O–H groups in total. The van der Waals surface area contributed by atoms with E-state index in [1.807, 2.05) is 0 Å². The predicted octanol–water partition coefficient (Wildman–Crippen LogP) is 3.17. The molecule has 1 unspecified atom stereocenters. The van der Waals surface area contributed by atoms with Crippen molar-refractivity contribution in [3.05, 3.63) is 35.4 Å². The highest BCUT2D eigenvalue weighted by molar-refractivity contribution is 5.75. The van der Waals surface area contributed by atoms with Gasteiger partial charge in [-0.1, -0.05) is 24.3 Å². The minimum Gasteiger partial charge on any atom is -0.481 e. The number of hydrogen-bond acceptors (Lipinski definition) is 1. The van der Waals surface area contributed by atoms with Crippen molar-refractivity contribution in [2.24, 2.45) is 0 Å². The normalized spacial score (nSPS) is 13.5. The molecule has 16 heavy (non-hydrogen) atoms. The zero-order valence-electron chi connectivity index (χ0n) is 9.83. The average Bonchev–Trinajstić information content (AvgIpc) is 2.15. The molecule has 1 aromatic carbocycles. The van der Waals surface area contributed by atoms with Crippen molar-refractivity contribution in [2.75, 3.05) is 0 Å². The van der Waals surface area contributed by atoms with E-state index in [4.69, 9.17) is 5.11 Å². The van der Waals surface area contributed by atoms with Gasteiger partial charge in [0.25, 0.3) is 0 Å². The molecule has 1 atom stereocenters. The first-order valence-corrected chi connectivity index (χ1v) is 5.30. The lowest BCUT2D eigenvalue weighted by Crippen LogP contribution is -2.15. The van der Waals surface area contributed by atoms with Crippen molar-refractivity contribution in [3.8, 4) is 0 Å². The predicted molar refractivity (Wildman–Crippen MR) is 61.4 cm³/mol. The summed E-state index contributed by atoms with van der Waals surface area (Å²) in [7, 11) is 0. The summed E-state index contributed by atoms with van der Waals surface area (Å²) in [4.78, 5) is 10.8. The van der Waals surface area contributed by atoms with Crippen LogP contribution in [0.1, 0.15) is 37.8 Å². The van der Waals surface area contributed by atoms with Gasteiger partial charge < -0.3 is 5.11 Å². The summed E-state index contributed by atoms with van der Waals surface area (Å²) < 4.78 is 13.4. The fourth-order valence-electron chi connectivity index (χ4n) is 1.55. The number of carboxylic acid groups (broad SMARTS) is 1. The number of halogens is 1. The molecule has 0 aliphatic rings. The Morgan fingerprint density at radius 1 is 1.38 bits per heavy atom. The number of hydrogen-bond donors (Lipinski definition) is 1. The molecule has 3 heteroatoms. The molecule has 1 rings (SSSR count). The van der Waals surface area contributed by atoms with Crippen LogP contribution in [0.4, 0.5) is 4.39 Å². The van der Waals surface area contributed by atoms with Gasteiger partial charge in [-0.05, 0) is 31.9 Å². The number of alkyl halides is 1. The third-order valence-electron chi connectivity index (χ3n) is 2.47. The first kappa shape index (κ1) is 12.7. The molecule has 88 valence electrons. The first-order chi connectivity index (χ1) is 7.29. The fourth-order valence-corrected chi connectivity index (χ4v) is 1.55. The Morgan fingerprint density at radius 2 is 1.88 bits per heavy atom. The van der Waals surface area contributed by atoms with Gasteiger partial charge in [0.05, 0.1) is 5.92 Å². The number of rotatable bonds is 4. The van der Waals surface area contributed by atoms with Crippen molar-refractivity contribution in [1.82, 2.24) is 0 Å². The molecule has 0 saturated heterocycles. The number of benzene rings is 1. The van der Waals surface area contributed by atoms with Crippen molar-refractivity contribution in [2.45, 2.75) is 38.8 Å². The summed E-state index contributed by atoms with van der Waals surface area (Å²) in [5.74, 6) is -1.37. The Morgan fingerprint density at radius 3 is 2.25 bits per heavy atom. The minimum atomic E-state index is -1.24. The van der Waals surface area contributed by atoms with E-state index in [9.17, 15) is 9.18 Å². The summed E-state index contributed by atoms with van der Waals surface area (Å²) in [6.45, 7) is 4.69. The summed E-state index contributed by atoms with van der Waals surface area (Å²) in [5, 5.41) is 8.83. The molecule has 0 amide bonds. The van der Waals surface area contributed by atoms with Gasteiger partial charge in [0.2, 0.25) is 0 Å². The topological polar surface area (TPSA) is 37.3 Å². The molecule has 0 saturated carbocycles. The summed E-state index contributed by atoms with van der Waals surface area (Å²) >= 11 is 0. The molecule has 0 spiro atoms. The molecule has 0 aliphatic carbocycles. The van der Waals surface area contributed by atoms with E-state index in [0.717, 1.165) is 11.1 Å². The standard InChI is InChI=1S/C13H17FO2/c1-9(12(15)16)11-6-4-10(5-7-11)8-13(2,3)14/h4-7,9H,8H2,1-3H3,(H,15,16). The Kier molecular flexibility index (Phi) is 3.68. The van der Waals surface area contributed by atoms with Crippen LogP contribution >= 0.6 is 0 Å². The second kappa shape index (κ2) is 4.64. The van der Waals surface area contributed by atoms with Crippen LogP contribution in [-0.4, -0.2) is 16.7 Å². The van der Waals surface area contributed by atoms with Gasteiger partial charge in [-0.25, -0.2) is 4.39 Å². The number of aliphatic carboxylic acids is 1.